The van der Waals surface area contributed by atoms with Crippen molar-refractivity contribution in [1.29, 1.82) is 0 Å². The molecule has 1 aliphatic rings. The van der Waals surface area contributed by atoms with Gasteiger partial charge in [0.05, 0.1) is 12.2 Å². The van der Waals surface area contributed by atoms with Crippen LogP contribution in [0.25, 0.3) is 0 Å². The molecule has 0 aliphatic carbocycles. The summed E-state index contributed by atoms with van der Waals surface area (Å²) in [6.07, 6.45) is 1.97. The van der Waals surface area contributed by atoms with E-state index >= 15 is 0 Å². The SMILES string of the molecule is CC1(C)C[C@H](N)[C@H](Cc2ccccc2)CO1. The van der Waals surface area contributed by atoms with Crippen molar-refractivity contribution < 1.29 is 4.74 Å². The lowest BCUT2D eigenvalue weighted by atomic mass is 9.84. The molecule has 0 unspecified atom stereocenters. The molecule has 16 heavy (non-hydrogen) atoms. The van der Waals surface area contributed by atoms with Crippen LogP contribution in [0.5, 0.6) is 0 Å². The zero-order valence-electron chi connectivity index (χ0n) is 10.1. The van der Waals surface area contributed by atoms with E-state index in [1.165, 1.54) is 5.56 Å². The first-order valence-electron chi connectivity index (χ1n) is 6.00. The summed E-state index contributed by atoms with van der Waals surface area (Å²) in [4.78, 5) is 0. The van der Waals surface area contributed by atoms with E-state index in [2.05, 4.69) is 38.1 Å². The summed E-state index contributed by atoms with van der Waals surface area (Å²) in [5.74, 6) is 0.454. The summed E-state index contributed by atoms with van der Waals surface area (Å²) in [5.41, 5.74) is 7.53. The molecule has 2 N–H and O–H groups in total. The van der Waals surface area contributed by atoms with E-state index in [-0.39, 0.29) is 11.6 Å². The van der Waals surface area contributed by atoms with E-state index in [1.54, 1.807) is 0 Å². The Bertz CT molecular complexity index is 334. The lowest BCUT2D eigenvalue weighted by Crippen LogP contribution is -2.47. The largest absolute Gasteiger partial charge is 0.375 e. The third kappa shape index (κ3) is 2.83. The average Bonchev–Trinajstić information content (AvgIpc) is 2.23. The molecule has 0 amide bonds. The fourth-order valence-corrected chi connectivity index (χ4v) is 2.38. The highest BCUT2D eigenvalue weighted by Gasteiger charge is 2.33. The highest BCUT2D eigenvalue weighted by molar-refractivity contribution is 5.16. The Hall–Kier alpha value is -0.860. The topological polar surface area (TPSA) is 35.2 Å². The van der Waals surface area contributed by atoms with Crippen molar-refractivity contribution >= 4 is 0 Å². The molecule has 1 aromatic rings. The van der Waals surface area contributed by atoms with Crippen molar-refractivity contribution in [2.24, 2.45) is 11.7 Å². The molecular formula is C14H21NO. The molecule has 0 bridgehead atoms. The Morgan fingerprint density at radius 1 is 1.31 bits per heavy atom. The summed E-state index contributed by atoms with van der Waals surface area (Å²) in [5, 5.41) is 0. The molecule has 2 rings (SSSR count). The summed E-state index contributed by atoms with van der Waals surface area (Å²) >= 11 is 0. The van der Waals surface area contributed by atoms with Gasteiger partial charge in [0, 0.05) is 12.0 Å². The molecule has 0 aromatic heterocycles. The minimum absolute atomic E-state index is 0.0490. The van der Waals surface area contributed by atoms with Gasteiger partial charge in [0.15, 0.2) is 0 Å². The maximum absolute atomic E-state index is 6.22. The first-order chi connectivity index (χ1) is 7.57. The number of ether oxygens (including phenoxy) is 1. The van der Waals surface area contributed by atoms with Crippen LogP contribution >= 0.6 is 0 Å². The van der Waals surface area contributed by atoms with Gasteiger partial charge in [0.2, 0.25) is 0 Å². The number of hydrogen-bond acceptors (Lipinski definition) is 2. The third-order valence-corrected chi connectivity index (χ3v) is 3.36. The second-order valence-electron chi connectivity index (χ2n) is 5.39. The quantitative estimate of drug-likeness (QED) is 0.828. The van der Waals surface area contributed by atoms with Gasteiger partial charge >= 0.3 is 0 Å². The molecule has 1 aromatic carbocycles. The third-order valence-electron chi connectivity index (χ3n) is 3.36. The second kappa shape index (κ2) is 4.56. The Kier molecular flexibility index (Phi) is 3.31. The van der Waals surface area contributed by atoms with Crippen molar-refractivity contribution in [3.05, 3.63) is 35.9 Å². The minimum Gasteiger partial charge on any atom is -0.375 e. The van der Waals surface area contributed by atoms with Crippen LogP contribution in [0.4, 0.5) is 0 Å². The molecule has 0 spiro atoms. The van der Waals surface area contributed by atoms with E-state index in [9.17, 15) is 0 Å². The zero-order valence-corrected chi connectivity index (χ0v) is 10.1. The van der Waals surface area contributed by atoms with Gasteiger partial charge in [-0.15, -0.1) is 0 Å². The average molecular weight is 219 g/mol. The minimum atomic E-state index is -0.0490. The maximum atomic E-state index is 6.22. The van der Waals surface area contributed by atoms with Gasteiger partial charge in [-0.25, -0.2) is 0 Å². The van der Waals surface area contributed by atoms with Gasteiger partial charge in [-0.2, -0.15) is 0 Å². The molecule has 1 aliphatic heterocycles. The van der Waals surface area contributed by atoms with Crippen LogP contribution in [-0.2, 0) is 11.2 Å². The smallest absolute Gasteiger partial charge is 0.0641 e. The molecule has 1 saturated heterocycles. The van der Waals surface area contributed by atoms with Crippen LogP contribution in [0, 0.1) is 5.92 Å². The molecule has 2 heteroatoms. The molecule has 2 atom stereocenters. The predicted octanol–water partition coefficient (Wildman–Crippen LogP) is 2.37. The van der Waals surface area contributed by atoms with Crippen LogP contribution in [-0.4, -0.2) is 18.2 Å². The van der Waals surface area contributed by atoms with Crippen LogP contribution in [0.3, 0.4) is 0 Å². The van der Waals surface area contributed by atoms with Crippen molar-refractivity contribution in [2.45, 2.75) is 38.3 Å². The lowest BCUT2D eigenvalue weighted by Gasteiger charge is -2.39. The number of rotatable bonds is 2. The highest BCUT2D eigenvalue weighted by Crippen LogP contribution is 2.28. The zero-order chi connectivity index (χ0) is 11.6. The Balaban J connectivity index is 1.97. The second-order valence-corrected chi connectivity index (χ2v) is 5.39. The van der Waals surface area contributed by atoms with Crippen molar-refractivity contribution in [1.82, 2.24) is 0 Å². The number of nitrogens with two attached hydrogens (primary N) is 1. The van der Waals surface area contributed by atoms with Crippen LogP contribution < -0.4 is 5.73 Å². The van der Waals surface area contributed by atoms with E-state index in [0.717, 1.165) is 19.4 Å². The van der Waals surface area contributed by atoms with E-state index in [4.69, 9.17) is 10.5 Å². The van der Waals surface area contributed by atoms with Crippen molar-refractivity contribution in [3.8, 4) is 0 Å². The molecule has 1 fully saturated rings. The van der Waals surface area contributed by atoms with Gasteiger partial charge in [-0.3, -0.25) is 0 Å². The highest BCUT2D eigenvalue weighted by atomic mass is 16.5. The number of hydrogen-bond donors (Lipinski definition) is 1. The Labute approximate surface area is 97.8 Å². The number of benzene rings is 1. The monoisotopic (exact) mass is 219 g/mol. The van der Waals surface area contributed by atoms with Crippen molar-refractivity contribution in [3.63, 3.8) is 0 Å². The summed E-state index contributed by atoms with van der Waals surface area (Å²) in [6, 6.07) is 10.8. The Morgan fingerprint density at radius 3 is 2.62 bits per heavy atom. The standard InChI is InChI=1S/C14H21NO/c1-14(2)9-13(15)12(10-16-14)8-11-6-4-3-5-7-11/h3-7,12-13H,8-10,15H2,1-2H3/t12-,13+/m1/s1. The van der Waals surface area contributed by atoms with Crippen molar-refractivity contribution in [2.75, 3.05) is 6.61 Å². The molecule has 0 saturated carbocycles. The summed E-state index contributed by atoms with van der Waals surface area (Å²) < 4.78 is 5.84. The van der Waals surface area contributed by atoms with Crippen LogP contribution in [0.2, 0.25) is 0 Å². The first kappa shape index (κ1) is 11.6. The molecular weight excluding hydrogens is 198 g/mol. The van der Waals surface area contributed by atoms with Gasteiger partial charge in [0.1, 0.15) is 0 Å². The molecule has 88 valence electrons. The van der Waals surface area contributed by atoms with E-state index < -0.39 is 0 Å². The molecule has 1 heterocycles. The van der Waals surface area contributed by atoms with Crippen LogP contribution in [0.1, 0.15) is 25.8 Å². The van der Waals surface area contributed by atoms with Crippen LogP contribution in [0.15, 0.2) is 30.3 Å². The van der Waals surface area contributed by atoms with E-state index in [0.29, 0.717) is 5.92 Å². The fraction of sp³-hybridized carbons (Fsp3) is 0.571. The predicted molar refractivity (Wildman–Crippen MR) is 66.3 cm³/mol. The summed E-state index contributed by atoms with van der Waals surface area (Å²) in [7, 11) is 0. The van der Waals surface area contributed by atoms with E-state index in [1.807, 2.05) is 6.07 Å². The summed E-state index contributed by atoms with van der Waals surface area (Å²) in [6.45, 7) is 5.01. The van der Waals surface area contributed by atoms with Gasteiger partial charge in [-0.05, 0) is 32.3 Å². The fourth-order valence-electron chi connectivity index (χ4n) is 2.38. The van der Waals surface area contributed by atoms with Gasteiger partial charge < -0.3 is 10.5 Å². The lowest BCUT2D eigenvalue weighted by molar-refractivity contribution is -0.0844. The Morgan fingerprint density at radius 2 is 2.00 bits per heavy atom. The molecule has 0 radical (unpaired) electrons. The molecule has 2 nitrogen and oxygen atoms in total. The maximum Gasteiger partial charge on any atom is 0.0641 e. The first-order valence-corrected chi connectivity index (χ1v) is 6.00. The van der Waals surface area contributed by atoms with Gasteiger partial charge in [0.25, 0.3) is 0 Å². The normalized spacial score (nSPS) is 28.9. The van der Waals surface area contributed by atoms with Gasteiger partial charge in [-0.1, -0.05) is 30.3 Å².